The molecule has 0 radical (unpaired) electrons. The molecule has 2 aromatic rings. The van der Waals surface area contributed by atoms with E-state index in [0.29, 0.717) is 15.5 Å². The van der Waals surface area contributed by atoms with Crippen LogP contribution in [0.3, 0.4) is 0 Å². The van der Waals surface area contributed by atoms with Crippen molar-refractivity contribution in [1.82, 2.24) is 14.3 Å². The normalized spacial score (nSPS) is 23.0. The Hall–Kier alpha value is -1.47. The number of hydrogen-bond donors (Lipinski definition) is 2. The molecule has 3 rings (SSSR count). The molecule has 1 aliphatic heterocycles. The van der Waals surface area contributed by atoms with Crippen LogP contribution in [0.2, 0.25) is 0 Å². The summed E-state index contributed by atoms with van der Waals surface area (Å²) in [5.41, 5.74) is -0.791. The molecule has 1 fully saturated rings. The molecule has 7 nitrogen and oxygen atoms in total. The third-order valence-corrected chi connectivity index (χ3v) is 6.10. The summed E-state index contributed by atoms with van der Waals surface area (Å²) >= 11 is 3.28. The molecule has 0 bridgehead atoms. The molecule has 116 valence electrons. The molecular weight excluding hydrogens is 372 g/mol. The summed E-state index contributed by atoms with van der Waals surface area (Å²) in [6, 6.07) is 3.58. The van der Waals surface area contributed by atoms with Gasteiger partial charge in [-0.05, 0) is 28.4 Å². The topological polar surface area (TPSA) is 110 Å². The number of β-amino-alcohol motifs (C(OH)–C–C–N with tert-alkyl or cyclic N) is 1. The van der Waals surface area contributed by atoms with E-state index in [2.05, 4.69) is 25.9 Å². The number of sulfonamides is 1. The summed E-state index contributed by atoms with van der Waals surface area (Å²) in [5.74, 6) is 0. The molecule has 1 unspecified atom stereocenters. The van der Waals surface area contributed by atoms with Crippen LogP contribution < -0.4 is 0 Å². The van der Waals surface area contributed by atoms with Crippen LogP contribution >= 0.6 is 15.9 Å². The summed E-state index contributed by atoms with van der Waals surface area (Å²) in [5, 5.41) is 19.5. The highest BCUT2D eigenvalue weighted by atomic mass is 79.9. The maximum Gasteiger partial charge on any atom is 0.245 e. The maximum absolute atomic E-state index is 12.8. The summed E-state index contributed by atoms with van der Waals surface area (Å²) < 4.78 is 27.5. The molecule has 0 spiro atoms. The van der Waals surface area contributed by atoms with Crippen LogP contribution in [0, 0.1) is 11.3 Å². The van der Waals surface area contributed by atoms with Gasteiger partial charge in [0.25, 0.3) is 0 Å². The van der Waals surface area contributed by atoms with Crippen molar-refractivity contribution in [2.45, 2.75) is 23.3 Å². The van der Waals surface area contributed by atoms with Gasteiger partial charge in [-0.3, -0.25) is 0 Å². The Balaban J connectivity index is 2.00. The van der Waals surface area contributed by atoms with Gasteiger partial charge >= 0.3 is 0 Å². The standard InChI is InChI=1S/C13H13BrN4O3S/c14-9-5-10-11(7-17-12(10)16-6-9)22(20,21)18-4-2-13(19,8-18)1-3-15/h5-7,19H,1-2,4,8H2,(H,16,17). The fraction of sp³-hybridized carbons (Fsp3) is 0.385. The maximum atomic E-state index is 12.8. The lowest BCUT2D eigenvalue weighted by Crippen LogP contribution is -2.35. The number of fused-ring (bicyclic) bond motifs is 1. The van der Waals surface area contributed by atoms with Gasteiger partial charge in [0.05, 0.1) is 18.1 Å². The second-order valence-corrected chi connectivity index (χ2v) is 8.17. The van der Waals surface area contributed by atoms with Crippen molar-refractivity contribution in [3.8, 4) is 6.07 Å². The quantitative estimate of drug-likeness (QED) is 0.829. The predicted octanol–water partition coefficient (Wildman–Crippen LogP) is 1.36. The number of hydrogen-bond acceptors (Lipinski definition) is 5. The first-order valence-corrected chi connectivity index (χ1v) is 8.81. The molecule has 3 heterocycles. The zero-order chi connectivity index (χ0) is 16.0. The second kappa shape index (κ2) is 5.31. The number of nitrogens with one attached hydrogen (secondary N) is 1. The van der Waals surface area contributed by atoms with Crippen LogP contribution in [0.5, 0.6) is 0 Å². The van der Waals surface area contributed by atoms with Crippen LogP contribution in [-0.4, -0.2) is 46.5 Å². The van der Waals surface area contributed by atoms with E-state index in [1.807, 2.05) is 6.07 Å². The zero-order valence-electron chi connectivity index (χ0n) is 11.5. The van der Waals surface area contributed by atoms with Gasteiger partial charge in [-0.25, -0.2) is 13.4 Å². The Kier molecular flexibility index (Phi) is 3.72. The smallest absolute Gasteiger partial charge is 0.245 e. The fourth-order valence-electron chi connectivity index (χ4n) is 2.62. The van der Waals surface area contributed by atoms with Crippen LogP contribution in [0.4, 0.5) is 0 Å². The Morgan fingerprint density at radius 3 is 3.09 bits per heavy atom. The minimum Gasteiger partial charge on any atom is -0.387 e. The summed E-state index contributed by atoms with van der Waals surface area (Å²) in [4.78, 5) is 7.08. The molecule has 22 heavy (non-hydrogen) atoms. The first kappa shape index (κ1) is 15.4. The van der Waals surface area contributed by atoms with Gasteiger partial charge in [-0.2, -0.15) is 9.57 Å². The monoisotopic (exact) mass is 384 g/mol. The molecule has 9 heteroatoms. The van der Waals surface area contributed by atoms with Crippen molar-refractivity contribution >= 4 is 37.0 Å². The molecule has 0 amide bonds. The second-order valence-electron chi connectivity index (χ2n) is 5.35. The largest absolute Gasteiger partial charge is 0.387 e. The van der Waals surface area contributed by atoms with E-state index < -0.39 is 15.6 Å². The third kappa shape index (κ3) is 2.52. The summed E-state index contributed by atoms with van der Waals surface area (Å²) in [6.07, 6.45) is 3.15. The number of nitriles is 1. The number of rotatable bonds is 3. The Morgan fingerprint density at radius 2 is 2.36 bits per heavy atom. The molecule has 2 aromatic heterocycles. The number of H-pyrrole nitrogens is 1. The van der Waals surface area contributed by atoms with Crippen LogP contribution in [0.25, 0.3) is 11.0 Å². The number of halogens is 1. The molecule has 1 aliphatic rings. The van der Waals surface area contributed by atoms with Crippen molar-refractivity contribution in [3.63, 3.8) is 0 Å². The Bertz CT molecular complexity index is 873. The van der Waals surface area contributed by atoms with Gasteiger partial charge in [-0.1, -0.05) is 0 Å². The zero-order valence-corrected chi connectivity index (χ0v) is 13.9. The number of nitrogens with zero attached hydrogens (tertiary/aromatic N) is 3. The highest BCUT2D eigenvalue weighted by Crippen LogP contribution is 2.32. The predicted molar refractivity (Wildman–Crippen MR) is 82.3 cm³/mol. The van der Waals surface area contributed by atoms with Crippen molar-refractivity contribution in [2.24, 2.45) is 0 Å². The van der Waals surface area contributed by atoms with Crippen molar-refractivity contribution in [3.05, 3.63) is 22.9 Å². The highest BCUT2D eigenvalue weighted by Gasteiger charge is 2.42. The molecule has 0 aliphatic carbocycles. The van der Waals surface area contributed by atoms with Gasteiger partial charge in [0.1, 0.15) is 10.5 Å². The lowest BCUT2D eigenvalue weighted by atomic mass is 10.0. The van der Waals surface area contributed by atoms with Crippen molar-refractivity contribution < 1.29 is 13.5 Å². The van der Waals surface area contributed by atoms with Gasteiger partial charge < -0.3 is 10.1 Å². The first-order valence-electron chi connectivity index (χ1n) is 6.58. The van der Waals surface area contributed by atoms with Gasteiger partial charge in [0.2, 0.25) is 10.0 Å². The third-order valence-electron chi connectivity index (χ3n) is 3.78. The minimum atomic E-state index is -3.76. The number of aromatic amines is 1. The van der Waals surface area contributed by atoms with Gasteiger partial charge in [0, 0.05) is 35.3 Å². The first-order chi connectivity index (χ1) is 10.4. The van der Waals surface area contributed by atoms with Crippen LogP contribution in [-0.2, 0) is 10.0 Å². The summed E-state index contributed by atoms with van der Waals surface area (Å²) in [6.45, 7) is 0.117. The van der Waals surface area contributed by atoms with E-state index in [0.717, 1.165) is 0 Å². The molecule has 2 N–H and O–H groups in total. The van der Waals surface area contributed by atoms with E-state index >= 15 is 0 Å². The minimum absolute atomic E-state index is 0.0724. The molecular formula is C13H13BrN4O3S. The molecule has 1 saturated heterocycles. The number of pyridine rings is 1. The van der Waals surface area contributed by atoms with E-state index in [4.69, 9.17) is 5.26 Å². The van der Waals surface area contributed by atoms with Gasteiger partial charge in [-0.15, -0.1) is 0 Å². The average Bonchev–Trinajstić information content (AvgIpc) is 3.03. The van der Waals surface area contributed by atoms with Crippen LogP contribution in [0.1, 0.15) is 12.8 Å². The molecule has 0 saturated carbocycles. The SMILES string of the molecule is N#CCC1(O)CCN(S(=O)(=O)c2c[nH]c3ncc(Br)cc23)C1. The van der Waals surface area contributed by atoms with E-state index in [1.54, 1.807) is 12.3 Å². The lowest BCUT2D eigenvalue weighted by Gasteiger charge is -2.20. The fourth-order valence-corrected chi connectivity index (χ4v) is 4.61. The van der Waals surface area contributed by atoms with E-state index in [1.165, 1.54) is 10.5 Å². The van der Waals surface area contributed by atoms with Crippen molar-refractivity contribution in [1.29, 1.82) is 5.26 Å². The van der Waals surface area contributed by atoms with Crippen LogP contribution in [0.15, 0.2) is 27.8 Å². The van der Waals surface area contributed by atoms with E-state index in [-0.39, 0.29) is 30.8 Å². The Labute approximate surface area is 135 Å². The summed E-state index contributed by atoms with van der Waals surface area (Å²) in [7, 11) is -3.76. The van der Waals surface area contributed by atoms with Crippen molar-refractivity contribution in [2.75, 3.05) is 13.1 Å². The number of aromatic nitrogens is 2. The Morgan fingerprint density at radius 1 is 1.59 bits per heavy atom. The molecule has 1 atom stereocenters. The van der Waals surface area contributed by atoms with Gasteiger partial charge in [0.15, 0.2) is 0 Å². The van der Waals surface area contributed by atoms with E-state index in [9.17, 15) is 13.5 Å². The highest BCUT2D eigenvalue weighted by molar-refractivity contribution is 9.10. The molecule has 0 aromatic carbocycles. The average molecular weight is 385 g/mol. The number of aliphatic hydroxyl groups is 1. The lowest BCUT2D eigenvalue weighted by molar-refractivity contribution is 0.0609.